The first-order chi connectivity index (χ1) is 9.63. The first-order valence-electron chi connectivity index (χ1n) is 6.91. The summed E-state index contributed by atoms with van der Waals surface area (Å²) in [5, 5.41) is 3.10. The maximum atomic E-state index is 5.98. The van der Waals surface area contributed by atoms with Crippen LogP contribution in [0.3, 0.4) is 0 Å². The molecule has 0 fully saturated rings. The van der Waals surface area contributed by atoms with Crippen molar-refractivity contribution in [2.45, 2.75) is 33.6 Å². The highest BCUT2D eigenvalue weighted by Gasteiger charge is 2.12. The van der Waals surface area contributed by atoms with E-state index in [0.29, 0.717) is 5.88 Å². The second-order valence-electron chi connectivity index (χ2n) is 4.93. The van der Waals surface area contributed by atoms with Crippen LogP contribution in [-0.4, -0.2) is 17.0 Å². The van der Waals surface area contributed by atoms with Crippen LogP contribution in [-0.2, 0) is 6.42 Å². The topological polar surface area (TPSA) is 47.0 Å². The molecule has 106 valence electrons. The number of hydrogen-bond acceptors (Lipinski definition) is 4. The minimum atomic E-state index is 0.635. The summed E-state index contributed by atoms with van der Waals surface area (Å²) in [6.45, 7) is 6.25. The quantitative estimate of drug-likeness (QED) is 0.896. The van der Waals surface area contributed by atoms with Crippen LogP contribution in [0.5, 0.6) is 11.6 Å². The monoisotopic (exact) mass is 271 g/mol. The van der Waals surface area contributed by atoms with Crippen molar-refractivity contribution >= 4 is 5.82 Å². The molecule has 0 saturated heterocycles. The predicted octanol–water partition coefficient (Wildman–Crippen LogP) is 3.88. The molecule has 1 aromatic carbocycles. The van der Waals surface area contributed by atoms with Crippen LogP contribution in [0.1, 0.15) is 30.0 Å². The molecule has 1 N–H and O–H groups in total. The van der Waals surface area contributed by atoms with Gasteiger partial charge in [-0.3, -0.25) is 0 Å². The van der Waals surface area contributed by atoms with E-state index in [1.54, 1.807) is 0 Å². The number of aryl methyl sites for hydroxylation is 2. The fourth-order valence-corrected chi connectivity index (χ4v) is 2.28. The van der Waals surface area contributed by atoms with Gasteiger partial charge in [0.2, 0.25) is 5.88 Å². The molecule has 0 radical (unpaired) electrons. The summed E-state index contributed by atoms with van der Waals surface area (Å²) in [6.07, 6.45) is 3.44. The van der Waals surface area contributed by atoms with Gasteiger partial charge < -0.3 is 10.1 Å². The Bertz CT molecular complexity index is 576. The molecular formula is C16H21N3O. The molecule has 0 amide bonds. The summed E-state index contributed by atoms with van der Waals surface area (Å²) < 4.78 is 5.98. The Morgan fingerprint density at radius 1 is 1.10 bits per heavy atom. The Morgan fingerprint density at radius 2 is 1.80 bits per heavy atom. The van der Waals surface area contributed by atoms with Gasteiger partial charge in [-0.2, -0.15) is 0 Å². The molecule has 4 heteroatoms. The van der Waals surface area contributed by atoms with Gasteiger partial charge in [0, 0.05) is 7.05 Å². The van der Waals surface area contributed by atoms with Gasteiger partial charge in [-0.15, -0.1) is 0 Å². The van der Waals surface area contributed by atoms with E-state index in [1.165, 1.54) is 17.5 Å². The largest absolute Gasteiger partial charge is 0.439 e. The van der Waals surface area contributed by atoms with Crippen LogP contribution in [0.25, 0.3) is 0 Å². The molecule has 0 aliphatic rings. The molecular weight excluding hydrogens is 250 g/mol. The summed E-state index contributed by atoms with van der Waals surface area (Å²) in [4.78, 5) is 8.54. The van der Waals surface area contributed by atoms with Crippen molar-refractivity contribution in [2.75, 3.05) is 12.4 Å². The zero-order valence-corrected chi connectivity index (χ0v) is 12.5. The van der Waals surface area contributed by atoms with Crippen molar-refractivity contribution in [1.29, 1.82) is 0 Å². The first-order valence-corrected chi connectivity index (χ1v) is 6.91. The maximum absolute atomic E-state index is 5.98. The average molecular weight is 271 g/mol. The second-order valence-corrected chi connectivity index (χ2v) is 4.93. The Kier molecular flexibility index (Phi) is 4.56. The Labute approximate surface area is 120 Å². The molecule has 0 bridgehead atoms. The van der Waals surface area contributed by atoms with Gasteiger partial charge >= 0.3 is 0 Å². The van der Waals surface area contributed by atoms with E-state index in [1.807, 2.05) is 19.2 Å². The molecule has 4 nitrogen and oxygen atoms in total. The summed E-state index contributed by atoms with van der Waals surface area (Å²) in [5.74, 6) is 2.29. The number of anilines is 1. The van der Waals surface area contributed by atoms with Crippen molar-refractivity contribution in [3.63, 3.8) is 0 Å². The highest BCUT2D eigenvalue weighted by Crippen LogP contribution is 2.28. The number of hydrogen-bond donors (Lipinski definition) is 1. The van der Waals surface area contributed by atoms with Crippen molar-refractivity contribution in [3.05, 3.63) is 41.2 Å². The minimum Gasteiger partial charge on any atom is -0.439 e. The minimum absolute atomic E-state index is 0.635. The zero-order valence-electron chi connectivity index (χ0n) is 12.5. The molecule has 0 aliphatic carbocycles. The Morgan fingerprint density at radius 3 is 2.40 bits per heavy atom. The maximum Gasteiger partial charge on any atom is 0.227 e. The van der Waals surface area contributed by atoms with Crippen molar-refractivity contribution in [3.8, 4) is 11.6 Å². The van der Waals surface area contributed by atoms with Gasteiger partial charge in [-0.1, -0.05) is 19.4 Å². The van der Waals surface area contributed by atoms with E-state index in [0.717, 1.165) is 30.0 Å². The number of rotatable bonds is 5. The lowest BCUT2D eigenvalue weighted by Gasteiger charge is -2.13. The second kappa shape index (κ2) is 6.37. The van der Waals surface area contributed by atoms with E-state index in [2.05, 4.69) is 42.1 Å². The van der Waals surface area contributed by atoms with Crippen LogP contribution in [0.15, 0.2) is 24.5 Å². The van der Waals surface area contributed by atoms with Crippen molar-refractivity contribution in [1.82, 2.24) is 9.97 Å². The fraction of sp³-hybridized carbons (Fsp3) is 0.375. The lowest BCUT2D eigenvalue weighted by molar-refractivity contribution is 0.454. The van der Waals surface area contributed by atoms with E-state index in [9.17, 15) is 0 Å². The third-order valence-electron chi connectivity index (χ3n) is 3.05. The van der Waals surface area contributed by atoms with Crippen molar-refractivity contribution in [2.24, 2.45) is 0 Å². The smallest absolute Gasteiger partial charge is 0.227 e. The zero-order chi connectivity index (χ0) is 14.5. The van der Waals surface area contributed by atoms with Crippen LogP contribution in [0.2, 0.25) is 0 Å². The van der Waals surface area contributed by atoms with Crippen LogP contribution >= 0.6 is 0 Å². The van der Waals surface area contributed by atoms with E-state index in [-0.39, 0.29) is 0 Å². The third-order valence-corrected chi connectivity index (χ3v) is 3.05. The van der Waals surface area contributed by atoms with Gasteiger partial charge in [-0.05, 0) is 43.5 Å². The molecule has 20 heavy (non-hydrogen) atoms. The number of nitrogens with one attached hydrogen (secondary N) is 1. The number of benzene rings is 1. The van der Waals surface area contributed by atoms with Gasteiger partial charge in [-0.25, -0.2) is 9.97 Å². The average Bonchev–Trinajstić information content (AvgIpc) is 2.39. The predicted molar refractivity (Wildman–Crippen MR) is 81.6 cm³/mol. The third kappa shape index (κ3) is 3.26. The lowest BCUT2D eigenvalue weighted by Crippen LogP contribution is -2.03. The van der Waals surface area contributed by atoms with Gasteiger partial charge in [0.05, 0.1) is 5.56 Å². The molecule has 0 unspecified atom stereocenters. The van der Waals surface area contributed by atoms with Gasteiger partial charge in [0.1, 0.15) is 17.9 Å². The summed E-state index contributed by atoms with van der Waals surface area (Å²) >= 11 is 0. The molecule has 2 aromatic rings. The van der Waals surface area contributed by atoms with E-state index < -0.39 is 0 Å². The number of aromatic nitrogens is 2. The summed E-state index contributed by atoms with van der Waals surface area (Å²) in [6, 6.07) is 6.16. The lowest BCUT2D eigenvalue weighted by atomic mass is 10.1. The Hall–Kier alpha value is -2.10. The number of nitrogens with zero attached hydrogens (tertiary/aromatic N) is 2. The fourth-order valence-electron chi connectivity index (χ4n) is 2.28. The van der Waals surface area contributed by atoms with Crippen LogP contribution < -0.4 is 10.1 Å². The summed E-state index contributed by atoms with van der Waals surface area (Å²) in [7, 11) is 1.86. The molecule has 1 heterocycles. The number of ether oxygens (including phenoxy) is 1. The van der Waals surface area contributed by atoms with E-state index in [4.69, 9.17) is 4.74 Å². The van der Waals surface area contributed by atoms with Crippen LogP contribution in [0, 0.1) is 13.8 Å². The van der Waals surface area contributed by atoms with Gasteiger partial charge in [0.25, 0.3) is 0 Å². The molecule has 0 saturated carbocycles. The molecule has 0 atom stereocenters. The molecule has 2 rings (SSSR count). The molecule has 1 aromatic heterocycles. The molecule has 0 spiro atoms. The Balaban J connectivity index is 2.37. The molecule has 0 aliphatic heterocycles. The first kappa shape index (κ1) is 14.3. The summed E-state index contributed by atoms with van der Waals surface area (Å²) in [5.41, 5.74) is 3.39. The van der Waals surface area contributed by atoms with Crippen molar-refractivity contribution < 1.29 is 4.74 Å². The van der Waals surface area contributed by atoms with Gasteiger partial charge in [0.15, 0.2) is 0 Å². The highest BCUT2D eigenvalue weighted by molar-refractivity contribution is 5.49. The highest BCUT2D eigenvalue weighted by atomic mass is 16.5. The van der Waals surface area contributed by atoms with Crippen LogP contribution in [0.4, 0.5) is 5.82 Å². The SMILES string of the molecule is CCCc1c(NC)ncnc1Oc1cc(C)cc(C)c1. The van der Waals surface area contributed by atoms with E-state index >= 15 is 0 Å². The standard InChI is InChI=1S/C16H21N3O/c1-5-6-14-15(17-4)18-10-19-16(14)20-13-8-11(2)7-12(3)9-13/h7-10H,5-6H2,1-4H3,(H,17,18,19). The normalized spacial score (nSPS) is 10.4.